The average molecular weight is 289 g/mol. The van der Waals surface area contributed by atoms with Crippen molar-refractivity contribution >= 4 is 32.4 Å². The van der Waals surface area contributed by atoms with Crippen molar-refractivity contribution in [1.82, 2.24) is 4.98 Å². The highest BCUT2D eigenvalue weighted by atomic mass is 79.9. The van der Waals surface area contributed by atoms with Crippen LogP contribution >= 0.6 is 27.3 Å². The van der Waals surface area contributed by atoms with Crippen molar-refractivity contribution in [2.75, 3.05) is 11.4 Å². The average Bonchev–Trinajstić information content (AvgIpc) is 2.90. The van der Waals surface area contributed by atoms with Crippen LogP contribution in [-0.4, -0.2) is 17.6 Å². The van der Waals surface area contributed by atoms with Crippen molar-refractivity contribution in [1.29, 1.82) is 0 Å². The Kier molecular flexibility index (Phi) is 3.67. The van der Waals surface area contributed by atoms with Crippen molar-refractivity contribution in [2.45, 2.75) is 39.2 Å². The highest BCUT2D eigenvalue weighted by Crippen LogP contribution is 2.34. The smallest absolute Gasteiger partial charge is 0.186 e. The van der Waals surface area contributed by atoms with Gasteiger partial charge in [-0.15, -0.1) is 11.3 Å². The van der Waals surface area contributed by atoms with Crippen LogP contribution in [0.4, 0.5) is 5.13 Å². The Labute approximate surface area is 104 Å². The van der Waals surface area contributed by atoms with E-state index in [1.165, 1.54) is 24.4 Å². The summed E-state index contributed by atoms with van der Waals surface area (Å²) in [4.78, 5) is 6.99. The number of halogens is 1. The fraction of sp³-hybridized carbons (Fsp3) is 0.727. The van der Waals surface area contributed by atoms with Crippen LogP contribution in [0.1, 0.15) is 33.1 Å². The Morgan fingerprint density at radius 2 is 2.33 bits per heavy atom. The fourth-order valence-corrected chi connectivity index (χ4v) is 2.94. The summed E-state index contributed by atoms with van der Waals surface area (Å²) in [6.45, 7) is 5.72. The molecule has 1 aliphatic rings. The molecule has 0 saturated heterocycles. The molecule has 0 radical (unpaired) electrons. The summed E-state index contributed by atoms with van der Waals surface area (Å²) in [6.07, 6.45) is 3.94. The van der Waals surface area contributed by atoms with E-state index in [0.29, 0.717) is 0 Å². The molecule has 0 aromatic carbocycles. The van der Waals surface area contributed by atoms with Crippen molar-refractivity contribution in [3.63, 3.8) is 0 Å². The number of nitrogens with zero attached hydrogens (tertiary/aromatic N) is 2. The zero-order chi connectivity index (χ0) is 10.8. The van der Waals surface area contributed by atoms with Crippen LogP contribution in [0.5, 0.6) is 0 Å². The van der Waals surface area contributed by atoms with Crippen molar-refractivity contribution < 1.29 is 0 Å². The Morgan fingerprint density at radius 3 is 2.80 bits per heavy atom. The van der Waals surface area contributed by atoms with Gasteiger partial charge in [-0.2, -0.15) is 0 Å². The first-order chi connectivity index (χ1) is 7.16. The van der Waals surface area contributed by atoms with Gasteiger partial charge in [-0.05, 0) is 41.1 Å². The number of aromatic nitrogens is 1. The summed E-state index contributed by atoms with van der Waals surface area (Å²) in [7, 11) is 0. The summed E-state index contributed by atoms with van der Waals surface area (Å²) in [5.74, 6) is 0.773. The lowest BCUT2D eigenvalue weighted by Gasteiger charge is -2.22. The number of rotatable bonds is 5. The normalized spacial score (nSPS) is 16.0. The second-order valence-electron chi connectivity index (χ2n) is 4.56. The molecule has 0 bridgehead atoms. The maximum absolute atomic E-state index is 4.51. The van der Waals surface area contributed by atoms with Gasteiger partial charge in [0.15, 0.2) is 5.13 Å². The first kappa shape index (κ1) is 11.4. The van der Waals surface area contributed by atoms with E-state index in [0.717, 1.165) is 23.1 Å². The van der Waals surface area contributed by atoms with Gasteiger partial charge < -0.3 is 4.90 Å². The number of hydrogen-bond acceptors (Lipinski definition) is 3. The summed E-state index contributed by atoms with van der Waals surface area (Å²) in [5.41, 5.74) is 0. The third-order valence-corrected chi connectivity index (χ3v) is 4.23. The van der Waals surface area contributed by atoms with Crippen LogP contribution in [0, 0.1) is 5.92 Å². The zero-order valence-electron chi connectivity index (χ0n) is 9.24. The SMILES string of the molecule is CC(C)CCN(c1nc(Br)cs1)C1CC1. The summed E-state index contributed by atoms with van der Waals surface area (Å²) in [5, 5.41) is 3.25. The predicted octanol–water partition coefficient (Wildman–Crippen LogP) is 3.92. The van der Waals surface area contributed by atoms with E-state index in [4.69, 9.17) is 0 Å². The molecular weight excluding hydrogens is 272 g/mol. The van der Waals surface area contributed by atoms with Gasteiger partial charge in [-0.3, -0.25) is 0 Å². The Bertz CT molecular complexity index is 320. The van der Waals surface area contributed by atoms with Gasteiger partial charge in [-0.1, -0.05) is 13.8 Å². The minimum absolute atomic E-state index is 0.766. The minimum atomic E-state index is 0.766. The third kappa shape index (κ3) is 3.18. The molecule has 0 aliphatic heterocycles. The molecule has 1 aromatic heterocycles. The molecule has 1 fully saturated rings. The van der Waals surface area contributed by atoms with E-state index in [1.54, 1.807) is 11.3 Å². The molecule has 4 heteroatoms. The quantitative estimate of drug-likeness (QED) is 0.816. The molecule has 1 saturated carbocycles. The monoisotopic (exact) mass is 288 g/mol. The Hall–Kier alpha value is -0.0900. The Balaban J connectivity index is 1.99. The number of hydrogen-bond donors (Lipinski definition) is 0. The molecule has 15 heavy (non-hydrogen) atoms. The van der Waals surface area contributed by atoms with Gasteiger partial charge in [0.1, 0.15) is 4.60 Å². The second-order valence-corrected chi connectivity index (χ2v) is 6.21. The molecule has 0 amide bonds. The molecule has 1 aromatic rings. The lowest BCUT2D eigenvalue weighted by Crippen LogP contribution is -2.27. The fourth-order valence-electron chi connectivity index (χ4n) is 1.60. The highest BCUT2D eigenvalue weighted by molar-refractivity contribution is 9.10. The van der Waals surface area contributed by atoms with Crippen LogP contribution in [0.15, 0.2) is 9.98 Å². The highest BCUT2D eigenvalue weighted by Gasteiger charge is 2.30. The van der Waals surface area contributed by atoms with Gasteiger partial charge in [0.05, 0.1) is 0 Å². The summed E-state index contributed by atoms with van der Waals surface area (Å²) >= 11 is 5.17. The van der Waals surface area contributed by atoms with Crippen molar-refractivity contribution in [3.8, 4) is 0 Å². The van der Waals surface area contributed by atoms with Crippen LogP contribution in [-0.2, 0) is 0 Å². The zero-order valence-corrected chi connectivity index (χ0v) is 11.6. The van der Waals surface area contributed by atoms with Crippen LogP contribution in [0.25, 0.3) is 0 Å². The maximum Gasteiger partial charge on any atom is 0.186 e. The standard InChI is InChI=1S/C11H17BrN2S/c1-8(2)5-6-14(9-3-4-9)11-13-10(12)7-15-11/h7-9H,3-6H2,1-2H3. The van der Waals surface area contributed by atoms with Crippen LogP contribution in [0.3, 0.4) is 0 Å². The molecular formula is C11H17BrN2S. The topological polar surface area (TPSA) is 16.1 Å². The van der Waals surface area contributed by atoms with Crippen LogP contribution < -0.4 is 4.90 Å². The third-order valence-electron chi connectivity index (χ3n) is 2.64. The number of thiazole rings is 1. The maximum atomic E-state index is 4.51. The summed E-state index contributed by atoms with van der Waals surface area (Å²) < 4.78 is 0.970. The molecule has 2 nitrogen and oxygen atoms in total. The van der Waals surface area contributed by atoms with E-state index in [1.807, 2.05) is 0 Å². The molecule has 1 heterocycles. The van der Waals surface area contributed by atoms with E-state index in [2.05, 4.69) is 45.0 Å². The van der Waals surface area contributed by atoms with Gasteiger partial charge in [0.25, 0.3) is 0 Å². The van der Waals surface area contributed by atoms with Gasteiger partial charge in [0.2, 0.25) is 0 Å². The molecule has 0 N–H and O–H groups in total. The number of anilines is 1. The van der Waals surface area contributed by atoms with Crippen LogP contribution in [0.2, 0.25) is 0 Å². The molecule has 0 spiro atoms. The van der Waals surface area contributed by atoms with Crippen molar-refractivity contribution in [2.24, 2.45) is 5.92 Å². The lowest BCUT2D eigenvalue weighted by molar-refractivity contribution is 0.570. The largest absolute Gasteiger partial charge is 0.345 e. The van der Waals surface area contributed by atoms with E-state index >= 15 is 0 Å². The predicted molar refractivity (Wildman–Crippen MR) is 69.6 cm³/mol. The molecule has 2 rings (SSSR count). The molecule has 1 aliphatic carbocycles. The van der Waals surface area contributed by atoms with Crippen molar-refractivity contribution in [3.05, 3.63) is 9.98 Å². The first-order valence-corrected chi connectivity index (χ1v) is 7.21. The van der Waals surface area contributed by atoms with Gasteiger partial charge >= 0.3 is 0 Å². The lowest BCUT2D eigenvalue weighted by atomic mass is 10.1. The Morgan fingerprint density at radius 1 is 1.60 bits per heavy atom. The summed E-state index contributed by atoms with van der Waals surface area (Å²) in [6, 6.07) is 0.766. The first-order valence-electron chi connectivity index (χ1n) is 5.54. The van der Waals surface area contributed by atoms with E-state index < -0.39 is 0 Å². The van der Waals surface area contributed by atoms with Gasteiger partial charge in [0, 0.05) is 18.0 Å². The molecule has 0 unspecified atom stereocenters. The molecule has 84 valence electrons. The minimum Gasteiger partial charge on any atom is -0.345 e. The van der Waals surface area contributed by atoms with E-state index in [-0.39, 0.29) is 0 Å². The van der Waals surface area contributed by atoms with Gasteiger partial charge in [-0.25, -0.2) is 4.98 Å². The molecule has 0 atom stereocenters. The second kappa shape index (κ2) is 4.83. The van der Waals surface area contributed by atoms with E-state index in [9.17, 15) is 0 Å².